The Morgan fingerprint density at radius 3 is 2.34 bits per heavy atom. The van der Waals surface area contributed by atoms with Crippen molar-refractivity contribution in [2.75, 3.05) is 52.5 Å². The van der Waals surface area contributed by atoms with Crippen molar-refractivity contribution in [1.29, 1.82) is 0 Å². The quantitative estimate of drug-likeness (QED) is 0.332. The zero-order valence-electron chi connectivity index (χ0n) is 25.7. The zero-order valence-corrected chi connectivity index (χ0v) is 26.6. The Balaban J connectivity index is 1.08. The van der Waals surface area contributed by atoms with E-state index in [0.29, 0.717) is 17.9 Å². The van der Waals surface area contributed by atoms with Crippen LogP contribution in [-0.4, -0.2) is 79.1 Å². The summed E-state index contributed by atoms with van der Waals surface area (Å²) >= 11 is 1.77. The maximum atomic E-state index is 12.9. The van der Waals surface area contributed by atoms with Gasteiger partial charge < -0.3 is 24.4 Å². The predicted octanol–water partition coefficient (Wildman–Crippen LogP) is 6.61. The lowest BCUT2D eigenvalue weighted by Gasteiger charge is -2.62. The van der Waals surface area contributed by atoms with Gasteiger partial charge in [0.05, 0.1) is 24.9 Å². The Morgan fingerprint density at radius 2 is 1.63 bits per heavy atom. The SMILES string of the molecule is C[C@]12CCC(OCCN3CCCC3)CC1=CC[C@@H]1[C@H]2CC[C@]2(C)C(OCCN3CCCC3)(c3ccsc3)CC[C@@]12O. The molecular formula is C35H54N2O3S. The molecule has 0 aromatic carbocycles. The monoisotopic (exact) mass is 582 g/mol. The first-order chi connectivity index (χ1) is 19.9. The van der Waals surface area contributed by atoms with Crippen LogP contribution in [0.1, 0.15) is 96.5 Å². The van der Waals surface area contributed by atoms with E-state index >= 15 is 0 Å². The van der Waals surface area contributed by atoms with Gasteiger partial charge in [-0.1, -0.05) is 25.5 Å². The minimum Gasteiger partial charge on any atom is -0.389 e. The summed E-state index contributed by atoms with van der Waals surface area (Å²) < 4.78 is 13.6. The van der Waals surface area contributed by atoms with Crippen molar-refractivity contribution in [3.8, 4) is 0 Å². The summed E-state index contributed by atoms with van der Waals surface area (Å²) in [5, 5.41) is 17.5. The summed E-state index contributed by atoms with van der Waals surface area (Å²) in [6, 6.07) is 2.29. The molecule has 0 spiro atoms. The van der Waals surface area contributed by atoms with Gasteiger partial charge >= 0.3 is 0 Å². The van der Waals surface area contributed by atoms with Gasteiger partial charge in [-0.15, -0.1) is 0 Å². The fourth-order valence-corrected chi connectivity index (χ4v) is 11.4. The molecule has 41 heavy (non-hydrogen) atoms. The molecule has 0 radical (unpaired) electrons. The third-order valence-electron chi connectivity index (χ3n) is 13.3. The largest absolute Gasteiger partial charge is 0.389 e. The smallest absolute Gasteiger partial charge is 0.102 e. The molecule has 5 nitrogen and oxygen atoms in total. The second-order valence-electron chi connectivity index (χ2n) is 14.9. The van der Waals surface area contributed by atoms with Crippen LogP contribution in [-0.2, 0) is 15.1 Å². The third kappa shape index (κ3) is 4.73. The van der Waals surface area contributed by atoms with Crippen LogP contribution < -0.4 is 0 Å². The minimum absolute atomic E-state index is 0.193. The molecule has 2 aliphatic heterocycles. The van der Waals surface area contributed by atoms with Gasteiger partial charge in [-0.3, -0.25) is 0 Å². The van der Waals surface area contributed by atoms with E-state index in [4.69, 9.17) is 9.47 Å². The Kier molecular flexibility index (Phi) is 7.99. The highest BCUT2D eigenvalue weighted by Gasteiger charge is 2.72. The summed E-state index contributed by atoms with van der Waals surface area (Å²) in [5.74, 6) is 0.860. The minimum atomic E-state index is -0.695. The molecule has 0 bridgehead atoms. The van der Waals surface area contributed by atoms with Crippen LogP contribution in [0.2, 0.25) is 0 Å². The first-order valence-electron chi connectivity index (χ1n) is 17.0. The van der Waals surface area contributed by atoms with E-state index in [2.05, 4.69) is 46.5 Å². The van der Waals surface area contributed by atoms with Crippen LogP contribution in [0.15, 0.2) is 28.5 Å². The predicted molar refractivity (Wildman–Crippen MR) is 166 cm³/mol. The number of aliphatic hydroxyl groups is 1. The van der Waals surface area contributed by atoms with Crippen molar-refractivity contribution in [2.45, 2.75) is 108 Å². The first kappa shape index (κ1) is 29.0. The molecule has 3 saturated carbocycles. The number of ether oxygens (including phenoxy) is 2. The van der Waals surface area contributed by atoms with E-state index in [-0.39, 0.29) is 10.8 Å². The molecule has 2 unspecified atom stereocenters. The first-order valence-corrected chi connectivity index (χ1v) is 18.0. The van der Waals surface area contributed by atoms with E-state index < -0.39 is 11.2 Å². The lowest BCUT2D eigenvalue weighted by molar-refractivity contribution is -0.233. The number of hydrogen-bond donors (Lipinski definition) is 1. The van der Waals surface area contributed by atoms with E-state index in [0.717, 1.165) is 64.8 Å². The molecule has 1 aromatic rings. The second-order valence-corrected chi connectivity index (χ2v) is 15.7. The Labute approximate surface area is 252 Å². The maximum Gasteiger partial charge on any atom is 0.102 e. The van der Waals surface area contributed by atoms with Gasteiger partial charge in [0.25, 0.3) is 0 Å². The maximum absolute atomic E-state index is 12.9. The zero-order chi connectivity index (χ0) is 28.1. The number of hydrogen-bond acceptors (Lipinski definition) is 6. The summed E-state index contributed by atoms with van der Waals surface area (Å²) in [6.45, 7) is 13.6. The molecule has 0 amide bonds. The van der Waals surface area contributed by atoms with Crippen LogP contribution in [0.3, 0.4) is 0 Å². The highest BCUT2D eigenvalue weighted by molar-refractivity contribution is 7.08. The number of allylic oxidation sites excluding steroid dienone is 1. The van der Waals surface area contributed by atoms with E-state index in [1.807, 2.05) is 0 Å². The average molecular weight is 583 g/mol. The topological polar surface area (TPSA) is 45.2 Å². The summed E-state index contributed by atoms with van der Waals surface area (Å²) in [5.41, 5.74) is 1.78. The highest BCUT2D eigenvalue weighted by atomic mass is 32.1. The normalized spacial score (nSPS) is 43.1. The second kappa shape index (κ2) is 11.3. The van der Waals surface area contributed by atoms with Crippen molar-refractivity contribution in [2.24, 2.45) is 22.7 Å². The lowest BCUT2D eigenvalue weighted by atomic mass is 9.45. The molecule has 7 rings (SSSR count). The Hall–Kier alpha value is -0.760. The van der Waals surface area contributed by atoms with Crippen LogP contribution in [0.5, 0.6) is 0 Å². The average Bonchev–Trinajstić information content (AvgIpc) is 3.79. The van der Waals surface area contributed by atoms with Crippen LogP contribution >= 0.6 is 11.3 Å². The molecule has 6 aliphatic rings. The molecule has 4 aliphatic carbocycles. The van der Waals surface area contributed by atoms with Crippen LogP contribution in [0.4, 0.5) is 0 Å². The third-order valence-corrected chi connectivity index (χ3v) is 13.9. The van der Waals surface area contributed by atoms with E-state index in [1.54, 1.807) is 16.9 Å². The fourth-order valence-electron chi connectivity index (χ4n) is 10.7. The van der Waals surface area contributed by atoms with Gasteiger partial charge in [-0.25, -0.2) is 0 Å². The van der Waals surface area contributed by atoms with E-state index in [9.17, 15) is 5.11 Å². The number of likely N-dealkylation sites (tertiary alicyclic amines) is 2. The molecule has 6 heteroatoms. The number of rotatable bonds is 9. The van der Waals surface area contributed by atoms with Gasteiger partial charge in [0.1, 0.15) is 5.60 Å². The summed E-state index contributed by atoms with van der Waals surface area (Å²) in [4.78, 5) is 5.12. The van der Waals surface area contributed by atoms with Crippen molar-refractivity contribution < 1.29 is 14.6 Å². The summed E-state index contributed by atoms with van der Waals surface area (Å²) in [6.07, 6.45) is 16.7. The lowest BCUT2D eigenvalue weighted by Crippen LogP contribution is -2.63. The van der Waals surface area contributed by atoms with Gasteiger partial charge in [0.2, 0.25) is 0 Å². The number of thiophene rings is 1. The molecule has 5 fully saturated rings. The van der Waals surface area contributed by atoms with Crippen molar-refractivity contribution in [3.63, 3.8) is 0 Å². The highest BCUT2D eigenvalue weighted by Crippen LogP contribution is 2.71. The van der Waals surface area contributed by atoms with Crippen LogP contribution in [0, 0.1) is 22.7 Å². The molecule has 3 heterocycles. The van der Waals surface area contributed by atoms with Gasteiger partial charge in [-0.05, 0) is 143 Å². The van der Waals surface area contributed by atoms with Gasteiger partial charge in [0.15, 0.2) is 0 Å². The van der Waals surface area contributed by atoms with Gasteiger partial charge in [-0.2, -0.15) is 11.3 Å². The fraction of sp³-hybridized carbons (Fsp3) is 0.829. The Bertz CT molecular complexity index is 1080. The molecule has 7 atom stereocenters. The Morgan fingerprint density at radius 1 is 0.902 bits per heavy atom. The number of fused-ring (bicyclic) bond motifs is 5. The standard InChI is InChI=1S/C35H54N2O3S/c1-32-12-9-29(39-22-20-36-16-3-4-17-36)25-27(32)7-8-31-30(32)10-13-33(2)34(31,38)14-15-35(33,28-11-24-41-26-28)40-23-21-37-18-5-6-19-37/h7,11,24,26,29-31,38H,3-6,8-10,12-23,25H2,1-2H3/t29?,30-,31-,32+,33+,34-,35?/m1/s1. The van der Waals surface area contributed by atoms with Gasteiger partial charge in [0, 0.05) is 18.5 Å². The van der Waals surface area contributed by atoms with E-state index in [1.165, 1.54) is 70.3 Å². The molecular weight excluding hydrogens is 528 g/mol. The summed E-state index contributed by atoms with van der Waals surface area (Å²) in [7, 11) is 0. The molecule has 228 valence electrons. The molecule has 1 aromatic heterocycles. The van der Waals surface area contributed by atoms with Crippen molar-refractivity contribution in [3.05, 3.63) is 34.0 Å². The molecule has 1 N–H and O–H groups in total. The number of nitrogens with zero attached hydrogens (tertiary/aromatic N) is 2. The van der Waals surface area contributed by atoms with Crippen molar-refractivity contribution in [1.82, 2.24) is 9.80 Å². The van der Waals surface area contributed by atoms with Crippen LogP contribution in [0.25, 0.3) is 0 Å². The van der Waals surface area contributed by atoms with Crippen molar-refractivity contribution >= 4 is 11.3 Å². The molecule has 2 saturated heterocycles.